The summed E-state index contributed by atoms with van der Waals surface area (Å²) in [5.74, 6) is 0.597. The van der Waals surface area contributed by atoms with Crippen LogP contribution >= 0.6 is 34.3 Å². The van der Waals surface area contributed by atoms with Crippen molar-refractivity contribution >= 4 is 56.1 Å². The highest BCUT2D eigenvalue weighted by Crippen LogP contribution is 2.34. The summed E-state index contributed by atoms with van der Waals surface area (Å²) < 4.78 is 6.85. The summed E-state index contributed by atoms with van der Waals surface area (Å²) in [7, 11) is 0. The Morgan fingerprint density at radius 1 is 0.970 bits per heavy atom. The van der Waals surface area contributed by atoms with E-state index in [-0.39, 0.29) is 12.3 Å². The molecule has 5 aromatic rings. The number of carbonyl (C=O) groups excluding carboxylic acids is 1. The molecule has 3 aromatic carbocycles. The van der Waals surface area contributed by atoms with Gasteiger partial charge in [-0.2, -0.15) is 0 Å². The SMILES string of the molecule is O=C(Cc1csc(COc2ccc(Cl)cc2)n1)Nc1ccccc1-c1nc2ccccc2s1. The first-order valence-corrected chi connectivity index (χ1v) is 12.3. The molecule has 1 amide bonds. The van der Waals surface area contributed by atoms with Crippen LogP contribution in [0.25, 0.3) is 20.8 Å². The van der Waals surface area contributed by atoms with E-state index < -0.39 is 0 Å². The molecule has 0 aliphatic rings. The molecule has 0 aliphatic heterocycles. The van der Waals surface area contributed by atoms with Gasteiger partial charge in [-0.15, -0.1) is 22.7 Å². The lowest BCUT2D eigenvalue weighted by atomic mass is 10.1. The summed E-state index contributed by atoms with van der Waals surface area (Å²) in [5.41, 5.74) is 3.31. The molecule has 0 aliphatic carbocycles. The van der Waals surface area contributed by atoms with E-state index in [4.69, 9.17) is 21.3 Å². The second-order valence-corrected chi connectivity index (χ2v) is 9.64. The Labute approximate surface area is 203 Å². The molecule has 8 heteroatoms. The van der Waals surface area contributed by atoms with Crippen molar-refractivity contribution in [2.24, 2.45) is 0 Å². The van der Waals surface area contributed by atoms with E-state index in [2.05, 4.69) is 10.3 Å². The Bertz CT molecular complexity index is 1380. The smallest absolute Gasteiger partial charge is 0.230 e. The van der Waals surface area contributed by atoms with Gasteiger partial charge in [-0.25, -0.2) is 9.97 Å². The Morgan fingerprint density at radius 2 is 1.76 bits per heavy atom. The van der Waals surface area contributed by atoms with E-state index in [0.29, 0.717) is 17.3 Å². The molecule has 0 bridgehead atoms. The van der Waals surface area contributed by atoms with Crippen LogP contribution in [-0.4, -0.2) is 15.9 Å². The fourth-order valence-electron chi connectivity index (χ4n) is 3.30. The maximum atomic E-state index is 12.8. The zero-order valence-corrected chi connectivity index (χ0v) is 19.7. The number of carbonyl (C=O) groups is 1. The molecule has 5 rings (SSSR count). The molecular weight excluding hydrogens is 474 g/mol. The van der Waals surface area contributed by atoms with Crippen molar-refractivity contribution in [2.75, 3.05) is 5.32 Å². The average Bonchev–Trinajstić information content (AvgIpc) is 3.45. The van der Waals surface area contributed by atoms with Crippen LogP contribution in [0.15, 0.2) is 78.2 Å². The second-order valence-electron chi connectivity index (χ2n) is 7.23. The average molecular weight is 492 g/mol. The highest BCUT2D eigenvalue weighted by Gasteiger charge is 2.14. The van der Waals surface area contributed by atoms with Crippen molar-refractivity contribution in [1.29, 1.82) is 0 Å². The first kappa shape index (κ1) is 21.6. The maximum Gasteiger partial charge on any atom is 0.230 e. The summed E-state index contributed by atoms with van der Waals surface area (Å²) in [6, 6.07) is 22.9. The molecule has 0 saturated carbocycles. The standard InChI is InChI=1S/C25H18ClN3O2S2/c26-16-9-11-18(12-10-16)31-14-24-27-17(15-32-24)13-23(30)28-20-6-2-1-5-19(20)25-29-21-7-3-4-8-22(21)33-25/h1-12,15H,13-14H2,(H,28,30). The molecule has 0 fully saturated rings. The lowest BCUT2D eigenvalue weighted by Crippen LogP contribution is -2.15. The van der Waals surface area contributed by atoms with Crippen molar-refractivity contribution < 1.29 is 9.53 Å². The van der Waals surface area contributed by atoms with Crippen LogP contribution in [0.2, 0.25) is 5.02 Å². The van der Waals surface area contributed by atoms with Gasteiger partial charge in [-0.05, 0) is 48.5 Å². The normalized spacial score (nSPS) is 10.9. The summed E-state index contributed by atoms with van der Waals surface area (Å²) in [4.78, 5) is 22.0. The minimum atomic E-state index is -0.126. The maximum absolute atomic E-state index is 12.8. The fourth-order valence-corrected chi connectivity index (χ4v) is 5.13. The number of thiazole rings is 2. The number of ether oxygens (including phenoxy) is 1. The first-order valence-electron chi connectivity index (χ1n) is 10.2. The molecule has 1 N–H and O–H groups in total. The summed E-state index contributed by atoms with van der Waals surface area (Å²) >= 11 is 8.98. The third-order valence-electron chi connectivity index (χ3n) is 4.84. The lowest BCUT2D eigenvalue weighted by molar-refractivity contribution is -0.115. The van der Waals surface area contributed by atoms with Gasteiger partial charge < -0.3 is 10.1 Å². The van der Waals surface area contributed by atoms with Gasteiger partial charge in [0.05, 0.1) is 28.0 Å². The Kier molecular flexibility index (Phi) is 6.35. The minimum Gasteiger partial charge on any atom is -0.486 e. The molecule has 0 atom stereocenters. The lowest BCUT2D eigenvalue weighted by Gasteiger charge is -2.08. The molecule has 5 nitrogen and oxygen atoms in total. The number of rotatable bonds is 7. The zero-order valence-electron chi connectivity index (χ0n) is 17.3. The van der Waals surface area contributed by atoms with Gasteiger partial charge in [-0.1, -0.05) is 35.9 Å². The van der Waals surface area contributed by atoms with Crippen LogP contribution in [0.3, 0.4) is 0 Å². The van der Waals surface area contributed by atoms with E-state index in [1.807, 2.05) is 66.0 Å². The molecular formula is C25H18ClN3O2S2. The summed E-state index contributed by atoms with van der Waals surface area (Å²) in [6.45, 7) is 0.342. The van der Waals surface area contributed by atoms with Crippen molar-refractivity contribution in [2.45, 2.75) is 13.0 Å². The third kappa shape index (κ3) is 5.22. The molecule has 0 radical (unpaired) electrons. The predicted octanol–water partition coefficient (Wildman–Crippen LogP) is 6.83. The predicted molar refractivity (Wildman–Crippen MR) is 135 cm³/mol. The van der Waals surface area contributed by atoms with Gasteiger partial charge >= 0.3 is 0 Å². The number of aromatic nitrogens is 2. The fraction of sp³-hybridized carbons (Fsp3) is 0.0800. The number of nitrogens with one attached hydrogen (secondary N) is 1. The summed E-state index contributed by atoms with van der Waals surface area (Å²) in [6.07, 6.45) is 0.186. The monoisotopic (exact) mass is 491 g/mol. The van der Waals surface area contributed by atoms with E-state index in [0.717, 1.165) is 37.2 Å². The molecule has 0 unspecified atom stereocenters. The number of para-hydroxylation sites is 2. The van der Waals surface area contributed by atoms with Crippen LogP contribution in [0.4, 0.5) is 5.69 Å². The van der Waals surface area contributed by atoms with Crippen molar-refractivity contribution in [3.8, 4) is 16.3 Å². The minimum absolute atomic E-state index is 0.126. The van der Waals surface area contributed by atoms with E-state index in [1.54, 1.807) is 23.5 Å². The molecule has 0 spiro atoms. The number of fused-ring (bicyclic) bond motifs is 1. The van der Waals surface area contributed by atoms with Crippen LogP contribution < -0.4 is 10.1 Å². The number of amides is 1. The number of hydrogen-bond acceptors (Lipinski definition) is 6. The Morgan fingerprint density at radius 3 is 2.61 bits per heavy atom. The number of benzene rings is 3. The zero-order chi connectivity index (χ0) is 22.6. The van der Waals surface area contributed by atoms with Gasteiger partial charge in [-0.3, -0.25) is 4.79 Å². The third-order valence-corrected chi connectivity index (χ3v) is 7.04. The Balaban J connectivity index is 1.24. The number of hydrogen-bond donors (Lipinski definition) is 1. The molecule has 164 valence electrons. The van der Waals surface area contributed by atoms with Gasteiger partial charge in [0, 0.05) is 16.0 Å². The molecule has 33 heavy (non-hydrogen) atoms. The van der Waals surface area contributed by atoms with Crippen LogP contribution in [0.1, 0.15) is 10.7 Å². The largest absolute Gasteiger partial charge is 0.486 e. The van der Waals surface area contributed by atoms with E-state index in [1.165, 1.54) is 11.3 Å². The topological polar surface area (TPSA) is 64.1 Å². The van der Waals surface area contributed by atoms with Gasteiger partial charge in [0.25, 0.3) is 0 Å². The van der Waals surface area contributed by atoms with Crippen LogP contribution in [0, 0.1) is 0 Å². The van der Waals surface area contributed by atoms with Crippen molar-refractivity contribution in [1.82, 2.24) is 9.97 Å². The van der Waals surface area contributed by atoms with Crippen molar-refractivity contribution in [3.63, 3.8) is 0 Å². The molecule has 2 heterocycles. The van der Waals surface area contributed by atoms with Gasteiger partial charge in [0.2, 0.25) is 5.91 Å². The highest BCUT2D eigenvalue weighted by molar-refractivity contribution is 7.21. The van der Waals surface area contributed by atoms with Crippen LogP contribution in [0.5, 0.6) is 5.75 Å². The second kappa shape index (κ2) is 9.70. The number of nitrogens with zero attached hydrogens (tertiary/aromatic N) is 2. The number of halogens is 1. The van der Waals surface area contributed by atoms with Crippen LogP contribution in [-0.2, 0) is 17.8 Å². The molecule has 0 saturated heterocycles. The van der Waals surface area contributed by atoms with Gasteiger partial charge in [0.1, 0.15) is 22.4 Å². The Hall–Kier alpha value is -3.26. The number of anilines is 1. The quantitative estimate of drug-likeness (QED) is 0.271. The highest BCUT2D eigenvalue weighted by atomic mass is 35.5. The van der Waals surface area contributed by atoms with E-state index >= 15 is 0 Å². The van der Waals surface area contributed by atoms with Crippen molar-refractivity contribution in [3.05, 3.63) is 93.9 Å². The first-order chi connectivity index (χ1) is 16.1. The molecule has 2 aromatic heterocycles. The van der Waals surface area contributed by atoms with E-state index in [9.17, 15) is 4.79 Å². The van der Waals surface area contributed by atoms with Gasteiger partial charge in [0.15, 0.2) is 0 Å². The summed E-state index contributed by atoms with van der Waals surface area (Å²) in [5, 5.41) is 7.26.